The van der Waals surface area contributed by atoms with E-state index in [1.165, 1.54) is 6.42 Å². The van der Waals surface area contributed by atoms with E-state index >= 15 is 0 Å². The zero-order valence-electron chi connectivity index (χ0n) is 7.92. The Bertz CT molecular complexity index is 183. The third-order valence-corrected chi connectivity index (χ3v) is 2.97. The standard InChI is InChI=1S/C10H17NO2/c12-10(8-3-1-4-8)13-9-5-2-6-11-7-9/h8-9,11H,1-7H2/t9-/m1/s1. The van der Waals surface area contributed by atoms with Crippen LogP contribution in [0.15, 0.2) is 0 Å². The van der Waals surface area contributed by atoms with Crippen LogP contribution in [0, 0.1) is 5.92 Å². The normalized spacial score (nSPS) is 29.4. The number of nitrogens with one attached hydrogen (secondary N) is 1. The van der Waals surface area contributed by atoms with Gasteiger partial charge in [-0.15, -0.1) is 0 Å². The van der Waals surface area contributed by atoms with Crippen molar-refractivity contribution in [3.8, 4) is 0 Å². The first-order chi connectivity index (χ1) is 6.36. The van der Waals surface area contributed by atoms with Gasteiger partial charge in [-0.25, -0.2) is 0 Å². The summed E-state index contributed by atoms with van der Waals surface area (Å²) in [7, 11) is 0. The van der Waals surface area contributed by atoms with Crippen LogP contribution in [0.1, 0.15) is 32.1 Å². The van der Waals surface area contributed by atoms with Crippen molar-refractivity contribution < 1.29 is 9.53 Å². The molecular weight excluding hydrogens is 166 g/mol. The lowest BCUT2D eigenvalue weighted by atomic mass is 9.85. The van der Waals surface area contributed by atoms with Crippen LogP contribution < -0.4 is 5.32 Å². The lowest BCUT2D eigenvalue weighted by molar-refractivity contribution is -0.157. The van der Waals surface area contributed by atoms with Crippen LogP contribution in [-0.2, 0) is 9.53 Å². The van der Waals surface area contributed by atoms with Crippen LogP contribution in [-0.4, -0.2) is 25.2 Å². The zero-order chi connectivity index (χ0) is 9.10. The van der Waals surface area contributed by atoms with E-state index in [2.05, 4.69) is 5.32 Å². The van der Waals surface area contributed by atoms with E-state index in [9.17, 15) is 4.79 Å². The minimum Gasteiger partial charge on any atom is -0.461 e. The van der Waals surface area contributed by atoms with E-state index < -0.39 is 0 Å². The molecule has 2 fully saturated rings. The second-order valence-electron chi connectivity index (χ2n) is 4.03. The fourth-order valence-corrected chi connectivity index (χ4v) is 1.82. The molecule has 74 valence electrons. The van der Waals surface area contributed by atoms with Gasteiger partial charge in [0.2, 0.25) is 0 Å². The fourth-order valence-electron chi connectivity index (χ4n) is 1.82. The van der Waals surface area contributed by atoms with Crippen molar-refractivity contribution in [1.82, 2.24) is 5.32 Å². The molecule has 3 nitrogen and oxygen atoms in total. The molecular formula is C10H17NO2. The van der Waals surface area contributed by atoms with Gasteiger partial charge in [0.15, 0.2) is 0 Å². The number of carbonyl (C=O) groups is 1. The van der Waals surface area contributed by atoms with Crippen molar-refractivity contribution in [2.24, 2.45) is 5.92 Å². The minimum absolute atomic E-state index is 0.0416. The smallest absolute Gasteiger partial charge is 0.309 e. The van der Waals surface area contributed by atoms with Gasteiger partial charge in [-0.2, -0.15) is 0 Å². The third-order valence-electron chi connectivity index (χ3n) is 2.97. The Morgan fingerprint density at radius 1 is 1.23 bits per heavy atom. The molecule has 0 unspecified atom stereocenters. The highest BCUT2D eigenvalue weighted by Gasteiger charge is 2.29. The zero-order valence-corrected chi connectivity index (χ0v) is 7.92. The molecule has 0 amide bonds. The maximum absolute atomic E-state index is 11.4. The average Bonchev–Trinajstić information content (AvgIpc) is 2.02. The fraction of sp³-hybridized carbons (Fsp3) is 0.900. The molecule has 13 heavy (non-hydrogen) atoms. The summed E-state index contributed by atoms with van der Waals surface area (Å²) in [6, 6.07) is 0. The molecule has 2 rings (SSSR count). The maximum atomic E-state index is 11.4. The molecule has 0 radical (unpaired) electrons. The van der Waals surface area contributed by atoms with Gasteiger partial charge in [-0.1, -0.05) is 6.42 Å². The lowest BCUT2D eigenvalue weighted by Gasteiger charge is -2.28. The van der Waals surface area contributed by atoms with Crippen molar-refractivity contribution in [2.45, 2.75) is 38.2 Å². The van der Waals surface area contributed by atoms with Crippen LogP contribution in [0.3, 0.4) is 0 Å². The predicted molar refractivity (Wildman–Crippen MR) is 49.3 cm³/mol. The molecule has 3 heteroatoms. The number of piperidine rings is 1. The maximum Gasteiger partial charge on any atom is 0.309 e. The molecule has 0 bridgehead atoms. The first-order valence-electron chi connectivity index (χ1n) is 5.27. The Balaban J connectivity index is 1.72. The molecule has 0 aromatic heterocycles. The van der Waals surface area contributed by atoms with E-state index in [1.54, 1.807) is 0 Å². The molecule has 1 saturated heterocycles. The molecule has 0 aromatic rings. The summed E-state index contributed by atoms with van der Waals surface area (Å²) in [6.45, 7) is 1.91. The predicted octanol–water partition coefficient (Wildman–Crippen LogP) is 1.08. The van der Waals surface area contributed by atoms with Gasteiger partial charge in [0.25, 0.3) is 0 Å². The van der Waals surface area contributed by atoms with E-state index in [1.807, 2.05) is 0 Å². The second kappa shape index (κ2) is 4.09. The van der Waals surface area contributed by atoms with E-state index in [4.69, 9.17) is 4.74 Å². The van der Waals surface area contributed by atoms with Crippen LogP contribution in [0.4, 0.5) is 0 Å². The monoisotopic (exact) mass is 183 g/mol. The number of hydrogen-bond acceptors (Lipinski definition) is 3. The number of rotatable bonds is 2. The van der Waals surface area contributed by atoms with Crippen molar-refractivity contribution in [3.63, 3.8) is 0 Å². The van der Waals surface area contributed by atoms with Crippen LogP contribution in [0.2, 0.25) is 0 Å². The Morgan fingerprint density at radius 2 is 2.08 bits per heavy atom. The Morgan fingerprint density at radius 3 is 2.62 bits per heavy atom. The molecule has 1 heterocycles. The number of ether oxygens (including phenoxy) is 1. The molecule has 1 saturated carbocycles. The Labute approximate surface area is 78.8 Å². The number of hydrogen-bond donors (Lipinski definition) is 1. The van der Waals surface area contributed by atoms with Crippen LogP contribution >= 0.6 is 0 Å². The van der Waals surface area contributed by atoms with Crippen molar-refractivity contribution in [1.29, 1.82) is 0 Å². The molecule has 1 aliphatic carbocycles. The minimum atomic E-state index is 0.0416. The molecule has 0 aromatic carbocycles. The molecule has 1 aliphatic heterocycles. The van der Waals surface area contributed by atoms with Crippen molar-refractivity contribution >= 4 is 5.97 Å². The van der Waals surface area contributed by atoms with E-state index in [-0.39, 0.29) is 18.0 Å². The first-order valence-corrected chi connectivity index (χ1v) is 5.27. The Kier molecular flexibility index (Phi) is 2.83. The summed E-state index contributed by atoms with van der Waals surface area (Å²) in [5.41, 5.74) is 0. The number of carbonyl (C=O) groups excluding carboxylic acids is 1. The van der Waals surface area contributed by atoms with Gasteiger partial charge < -0.3 is 10.1 Å². The van der Waals surface area contributed by atoms with Gasteiger partial charge in [0, 0.05) is 6.54 Å². The summed E-state index contributed by atoms with van der Waals surface area (Å²) >= 11 is 0. The highest BCUT2D eigenvalue weighted by Crippen LogP contribution is 2.28. The second-order valence-corrected chi connectivity index (χ2v) is 4.03. The van der Waals surface area contributed by atoms with Crippen molar-refractivity contribution in [2.75, 3.05) is 13.1 Å². The number of esters is 1. The molecule has 1 N–H and O–H groups in total. The van der Waals surface area contributed by atoms with Gasteiger partial charge in [-0.3, -0.25) is 4.79 Å². The highest BCUT2D eigenvalue weighted by molar-refractivity contribution is 5.73. The van der Waals surface area contributed by atoms with Gasteiger partial charge in [0.1, 0.15) is 6.10 Å². The Hall–Kier alpha value is -0.570. The molecule has 0 spiro atoms. The van der Waals surface area contributed by atoms with E-state index in [0.717, 1.165) is 38.8 Å². The molecule has 1 atom stereocenters. The van der Waals surface area contributed by atoms with Crippen molar-refractivity contribution in [3.05, 3.63) is 0 Å². The van der Waals surface area contributed by atoms with Gasteiger partial charge in [0.05, 0.1) is 5.92 Å². The summed E-state index contributed by atoms with van der Waals surface area (Å²) < 4.78 is 5.39. The highest BCUT2D eigenvalue weighted by atomic mass is 16.5. The third kappa shape index (κ3) is 2.21. The SMILES string of the molecule is O=C(O[C@@H]1CCCNC1)C1CCC1. The van der Waals surface area contributed by atoms with Gasteiger partial charge in [-0.05, 0) is 32.2 Å². The van der Waals surface area contributed by atoms with Gasteiger partial charge >= 0.3 is 5.97 Å². The summed E-state index contributed by atoms with van der Waals surface area (Å²) in [4.78, 5) is 11.4. The summed E-state index contributed by atoms with van der Waals surface area (Å²) in [6.07, 6.45) is 5.58. The van der Waals surface area contributed by atoms with Crippen LogP contribution in [0.25, 0.3) is 0 Å². The van der Waals surface area contributed by atoms with E-state index in [0.29, 0.717) is 0 Å². The largest absolute Gasteiger partial charge is 0.461 e. The summed E-state index contributed by atoms with van der Waals surface area (Å²) in [5, 5.41) is 3.24. The first kappa shape index (κ1) is 9.00. The molecule has 2 aliphatic rings. The average molecular weight is 183 g/mol. The lowest BCUT2D eigenvalue weighted by Crippen LogP contribution is -2.38. The quantitative estimate of drug-likeness (QED) is 0.651. The topological polar surface area (TPSA) is 38.3 Å². The van der Waals surface area contributed by atoms with Crippen LogP contribution in [0.5, 0.6) is 0 Å². The summed E-state index contributed by atoms with van der Waals surface area (Å²) in [5.74, 6) is 0.266.